The third kappa shape index (κ3) is 4.61. The summed E-state index contributed by atoms with van der Waals surface area (Å²) in [6.45, 7) is 15.6. The second kappa shape index (κ2) is 9.54. The van der Waals surface area contributed by atoms with Crippen molar-refractivity contribution in [1.29, 1.82) is 0 Å². The average Bonchev–Trinajstić information content (AvgIpc) is 3.08. The van der Waals surface area contributed by atoms with Gasteiger partial charge in [0.25, 0.3) is 0 Å². The molecule has 0 saturated carbocycles. The van der Waals surface area contributed by atoms with E-state index in [0.717, 1.165) is 11.1 Å². The standard InChI is InChI=1S/2C10H10O2.2C2H6/c1-10(2)7-5-3-4-6-8(7)12-9(10)11;1-10(2)8-6-4-3-5-7(8)9(11)12-10;2*1-2/h2*3-6H,1-2H3;2*1-2H3. The number of fused-ring (bicyclic) bond motifs is 2. The van der Waals surface area contributed by atoms with Crippen LogP contribution in [-0.2, 0) is 20.5 Å². The molecule has 0 atom stereocenters. The van der Waals surface area contributed by atoms with E-state index in [-0.39, 0.29) is 11.9 Å². The first-order chi connectivity index (χ1) is 13.2. The Hall–Kier alpha value is -2.62. The van der Waals surface area contributed by atoms with E-state index >= 15 is 0 Å². The summed E-state index contributed by atoms with van der Waals surface area (Å²) in [5, 5.41) is 0. The first-order valence-corrected chi connectivity index (χ1v) is 9.88. The zero-order valence-electron chi connectivity index (χ0n) is 18.3. The minimum atomic E-state index is -0.476. The summed E-state index contributed by atoms with van der Waals surface area (Å²) in [7, 11) is 0. The van der Waals surface area contributed by atoms with Crippen LogP contribution in [0.15, 0.2) is 48.5 Å². The maximum atomic E-state index is 11.3. The molecule has 0 saturated heterocycles. The van der Waals surface area contributed by atoms with Crippen LogP contribution in [-0.4, -0.2) is 11.9 Å². The molecule has 2 aromatic carbocycles. The molecule has 152 valence electrons. The van der Waals surface area contributed by atoms with Crippen molar-refractivity contribution in [3.8, 4) is 5.75 Å². The number of hydrogen-bond donors (Lipinski definition) is 0. The normalized spacial score (nSPS) is 16.4. The van der Waals surface area contributed by atoms with Gasteiger partial charge < -0.3 is 9.47 Å². The second-order valence-electron chi connectivity index (χ2n) is 6.96. The molecule has 0 aromatic heterocycles. The summed E-state index contributed by atoms with van der Waals surface area (Å²) in [6.07, 6.45) is 0. The van der Waals surface area contributed by atoms with Crippen LogP contribution in [0.3, 0.4) is 0 Å². The van der Waals surface area contributed by atoms with Crippen LogP contribution >= 0.6 is 0 Å². The third-order valence-electron chi connectivity index (χ3n) is 4.42. The first kappa shape index (κ1) is 23.4. The lowest BCUT2D eigenvalue weighted by atomic mass is 9.86. The Morgan fingerprint density at radius 1 is 0.714 bits per heavy atom. The quantitative estimate of drug-likeness (QED) is 0.411. The van der Waals surface area contributed by atoms with Gasteiger partial charge in [-0.1, -0.05) is 64.1 Å². The first-order valence-electron chi connectivity index (χ1n) is 9.88. The monoisotopic (exact) mass is 384 g/mol. The molecule has 0 amide bonds. The van der Waals surface area contributed by atoms with Gasteiger partial charge in [0.2, 0.25) is 0 Å². The van der Waals surface area contributed by atoms with Gasteiger partial charge in [-0.3, -0.25) is 4.79 Å². The highest BCUT2D eigenvalue weighted by atomic mass is 16.6. The minimum Gasteiger partial charge on any atom is -0.451 e. The number of esters is 2. The van der Waals surface area contributed by atoms with Crippen LogP contribution in [0, 0.1) is 0 Å². The van der Waals surface area contributed by atoms with Crippen LogP contribution in [0.25, 0.3) is 0 Å². The molecule has 2 heterocycles. The van der Waals surface area contributed by atoms with Crippen LogP contribution in [0.5, 0.6) is 5.75 Å². The van der Waals surface area contributed by atoms with Crippen molar-refractivity contribution in [3.05, 3.63) is 65.2 Å². The predicted molar refractivity (Wildman–Crippen MR) is 113 cm³/mol. The molecule has 0 bridgehead atoms. The van der Waals surface area contributed by atoms with Crippen molar-refractivity contribution in [2.75, 3.05) is 0 Å². The molecular formula is C24H32O4. The molecule has 0 N–H and O–H groups in total. The number of para-hydroxylation sites is 1. The molecule has 4 heteroatoms. The molecule has 2 aromatic rings. The van der Waals surface area contributed by atoms with E-state index in [9.17, 15) is 9.59 Å². The number of cyclic esters (lactones) is 1. The molecule has 0 fully saturated rings. The maximum absolute atomic E-state index is 11.3. The van der Waals surface area contributed by atoms with E-state index in [1.807, 2.05) is 97.9 Å². The number of hydrogen-bond acceptors (Lipinski definition) is 4. The largest absolute Gasteiger partial charge is 0.451 e. The molecule has 4 nitrogen and oxygen atoms in total. The highest BCUT2D eigenvalue weighted by Gasteiger charge is 2.40. The number of carbonyl (C=O) groups is 2. The Kier molecular flexibility index (Phi) is 7.98. The summed E-state index contributed by atoms with van der Waals surface area (Å²) in [6, 6.07) is 15.0. The van der Waals surface area contributed by atoms with E-state index < -0.39 is 11.0 Å². The summed E-state index contributed by atoms with van der Waals surface area (Å²) >= 11 is 0. The number of rotatable bonds is 0. The van der Waals surface area contributed by atoms with E-state index in [1.165, 1.54) is 0 Å². The van der Waals surface area contributed by atoms with Crippen molar-refractivity contribution in [1.82, 2.24) is 0 Å². The summed E-state index contributed by atoms with van der Waals surface area (Å²) in [5.74, 6) is 0.326. The SMILES string of the molecule is CC.CC.CC1(C)C(=O)Oc2ccccc21.CC1(C)OC(=O)c2ccccc21. The van der Waals surface area contributed by atoms with Gasteiger partial charge in [0, 0.05) is 11.1 Å². The van der Waals surface area contributed by atoms with Crippen molar-refractivity contribution >= 4 is 11.9 Å². The summed E-state index contributed by atoms with van der Waals surface area (Å²) in [4.78, 5) is 22.6. The number of ether oxygens (including phenoxy) is 2. The third-order valence-corrected chi connectivity index (χ3v) is 4.42. The Morgan fingerprint density at radius 3 is 1.75 bits per heavy atom. The van der Waals surface area contributed by atoms with Crippen LogP contribution in [0.2, 0.25) is 0 Å². The Bertz CT molecular complexity index is 819. The lowest BCUT2D eigenvalue weighted by Gasteiger charge is -2.16. The van der Waals surface area contributed by atoms with E-state index in [0.29, 0.717) is 11.3 Å². The lowest BCUT2D eigenvalue weighted by Crippen LogP contribution is -2.25. The van der Waals surface area contributed by atoms with Crippen LogP contribution in [0.4, 0.5) is 0 Å². The zero-order chi connectivity index (χ0) is 21.5. The van der Waals surface area contributed by atoms with Crippen LogP contribution < -0.4 is 4.74 Å². The second-order valence-corrected chi connectivity index (χ2v) is 6.96. The average molecular weight is 385 g/mol. The summed E-state index contributed by atoms with van der Waals surface area (Å²) in [5.41, 5.74) is 1.73. The molecule has 2 aliphatic heterocycles. The molecule has 0 unspecified atom stereocenters. The van der Waals surface area contributed by atoms with Gasteiger partial charge in [0.15, 0.2) is 0 Å². The minimum absolute atomic E-state index is 0.163. The maximum Gasteiger partial charge on any atom is 0.339 e. The zero-order valence-corrected chi connectivity index (χ0v) is 18.3. The lowest BCUT2D eigenvalue weighted by molar-refractivity contribution is -0.137. The molecule has 28 heavy (non-hydrogen) atoms. The molecule has 0 spiro atoms. The number of carbonyl (C=O) groups excluding carboxylic acids is 2. The van der Waals surface area contributed by atoms with Crippen molar-refractivity contribution in [2.24, 2.45) is 0 Å². The van der Waals surface area contributed by atoms with Crippen molar-refractivity contribution < 1.29 is 19.1 Å². The number of benzene rings is 2. The van der Waals surface area contributed by atoms with Gasteiger partial charge in [-0.25, -0.2) is 4.79 Å². The molecular weight excluding hydrogens is 352 g/mol. The van der Waals surface area contributed by atoms with E-state index in [1.54, 1.807) is 6.07 Å². The molecule has 2 aliphatic rings. The van der Waals surface area contributed by atoms with Gasteiger partial charge in [-0.2, -0.15) is 0 Å². The fourth-order valence-electron chi connectivity index (χ4n) is 2.94. The Balaban J connectivity index is 0.000000238. The predicted octanol–water partition coefficient (Wildman–Crippen LogP) is 6.03. The van der Waals surface area contributed by atoms with Gasteiger partial charge in [0.1, 0.15) is 11.4 Å². The molecule has 0 radical (unpaired) electrons. The van der Waals surface area contributed by atoms with Gasteiger partial charge in [-0.05, 0) is 39.8 Å². The van der Waals surface area contributed by atoms with Crippen molar-refractivity contribution in [2.45, 2.75) is 66.4 Å². The van der Waals surface area contributed by atoms with Crippen molar-refractivity contribution in [3.63, 3.8) is 0 Å². The summed E-state index contributed by atoms with van der Waals surface area (Å²) < 4.78 is 10.3. The fourth-order valence-corrected chi connectivity index (χ4v) is 2.94. The van der Waals surface area contributed by atoms with Crippen LogP contribution in [0.1, 0.15) is 76.9 Å². The smallest absolute Gasteiger partial charge is 0.339 e. The Morgan fingerprint density at radius 2 is 1.21 bits per heavy atom. The van der Waals surface area contributed by atoms with Gasteiger partial charge in [-0.15, -0.1) is 0 Å². The topological polar surface area (TPSA) is 52.6 Å². The fraction of sp³-hybridized carbons (Fsp3) is 0.417. The highest BCUT2D eigenvalue weighted by Crippen LogP contribution is 2.38. The van der Waals surface area contributed by atoms with Gasteiger partial charge >= 0.3 is 11.9 Å². The Labute approximate surface area is 168 Å². The van der Waals surface area contributed by atoms with E-state index in [4.69, 9.17) is 9.47 Å². The highest BCUT2D eigenvalue weighted by molar-refractivity contribution is 5.94. The van der Waals surface area contributed by atoms with E-state index in [2.05, 4.69) is 0 Å². The molecule has 0 aliphatic carbocycles. The molecule has 4 rings (SSSR count). The van der Waals surface area contributed by atoms with Gasteiger partial charge in [0.05, 0.1) is 11.0 Å².